The largest absolute Gasteiger partial charge is 0.495 e. The number of aromatic nitrogens is 2. The number of nitrogens with one attached hydrogen (secondary N) is 1. The first kappa shape index (κ1) is 30.1. The molecule has 3 aliphatic heterocycles. The van der Waals surface area contributed by atoms with Gasteiger partial charge in [0, 0.05) is 42.4 Å². The first-order valence-electron chi connectivity index (χ1n) is 15.0. The number of ether oxygens (including phenoxy) is 5. The Kier molecular flexibility index (Phi) is 8.90. The van der Waals surface area contributed by atoms with Crippen molar-refractivity contribution in [2.24, 2.45) is 5.41 Å². The van der Waals surface area contributed by atoms with Gasteiger partial charge in [0.25, 0.3) is 0 Å². The van der Waals surface area contributed by atoms with Gasteiger partial charge in [0.05, 0.1) is 58.2 Å². The van der Waals surface area contributed by atoms with Gasteiger partial charge < -0.3 is 38.8 Å². The highest BCUT2D eigenvalue weighted by Crippen LogP contribution is 2.40. The molecule has 2 aromatic carbocycles. The van der Waals surface area contributed by atoms with Crippen LogP contribution in [0.1, 0.15) is 31.2 Å². The van der Waals surface area contributed by atoms with Gasteiger partial charge in [0.1, 0.15) is 12.4 Å². The number of hydrogen-bond donors (Lipinski definition) is 1. The zero-order valence-electron chi connectivity index (χ0n) is 25.4. The number of piperidine rings is 2. The Morgan fingerprint density at radius 3 is 2.09 bits per heavy atom. The number of hydrogen-bond acceptors (Lipinski definition) is 10. The van der Waals surface area contributed by atoms with Gasteiger partial charge in [-0.2, -0.15) is 0 Å². The lowest BCUT2D eigenvalue weighted by molar-refractivity contribution is -0.143. The molecule has 3 saturated heterocycles. The molecular formula is C32H39F2N5O5. The van der Waals surface area contributed by atoms with Crippen LogP contribution in [0.2, 0.25) is 0 Å². The minimum atomic E-state index is -0.855. The third-order valence-electron chi connectivity index (χ3n) is 9.11. The Labute approximate surface area is 256 Å². The van der Waals surface area contributed by atoms with Gasteiger partial charge in [-0.15, -0.1) is 0 Å². The summed E-state index contributed by atoms with van der Waals surface area (Å²) in [7, 11) is 4.26. The molecule has 3 fully saturated rings. The highest BCUT2D eigenvalue weighted by atomic mass is 19.1. The van der Waals surface area contributed by atoms with Crippen molar-refractivity contribution in [2.45, 2.75) is 38.3 Å². The molecule has 0 aliphatic carbocycles. The number of anilines is 3. The molecule has 236 valence electrons. The van der Waals surface area contributed by atoms with E-state index in [0.29, 0.717) is 17.4 Å². The second kappa shape index (κ2) is 13.0. The van der Waals surface area contributed by atoms with Gasteiger partial charge in [-0.25, -0.2) is 18.7 Å². The molecular weight excluding hydrogens is 572 g/mol. The predicted molar refractivity (Wildman–Crippen MR) is 161 cm³/mol. The number of rotatable bonds is 10. The molecule has 3 aliphatic rings. The lowest BCUT2D eigenvalue weighted by atomic mass is 9.76. The van der Waals surface area contributed by atoms with Crippen LogP contribution in [0.25, 0.3) is 0 Å². The molecule has 0 atom stereocenters. The van der Waals surface area contributed by atoms with Crippen molar-refractivity contribution in [2.75, 3.05) is 70.9 Å². The van der Waals surface area contributed by atoms with Crippen molar-refractivity contribution >= 4 is 17.3 Å². The fraction of sp³-hybridized carbons (Fsp3) is 0.500. The van der Waals surface area contributed by atoms with Gasteiger partial charge in [0.15, 0.2) is 28.9 Å². The number of methoxy groups -OCH3 is 3. The van der Waals surface area contributed by atoms with E-state index in [1.54, 1.807) is 7.11 Å². The number of nitrogens with zero attached hydrogens (tertiary/aromatic N) is 4. The molecule has 0 amide bonds. The summed E-state index contributed by atoms with van der Waals surface area (Å²) in [6.45, 7) is 5.83. The van der Waals surface area contributed by atoms with Gasteiger partial charge in [0.2, 0.25) is 5.95 Å². The molecule has 0 bridgehead atoms. The summed E-state index contributed by atoms with van der Waals surface area (Å²) >= 11 is 0. The third-order valence-corrected chi connectivity index (χ3v) is 9.11. The van der Waals surface area contributed by atoms with Crippen molar-refractivity contribution < 1.29 is 32.5 Å². The Morgan fingerprint density at radius 2 is 1.52 bits per heavy atom. The summed E-state index contributed by atoms with van der Waals surface area (Å²) in [6, 6.07) is 7.76. The van der Waals surface area contributed by atoms with Gasteiger partial charge in [-0.3, -0.25) is 0 Å². The second-order valence-corrected chi connectivity index (χ2v) is 11.7. The first-order chi connectivity index (χ1) is 21.4. The van der Waals surface area contributed by atoms with E-state index >= 15 is 0 Å². The molecule has 1 N–H and O–H groups in total. The van der Waals surface area contributed by atoms with Crippen LogP contribution in [0.5, 0.6) is 23.0 Å². The van der Waals surface area contributed by atoms with Crippen LogP contribution in [-0.4, -0.2) is 81.6 Å². The molecule has 12 heteroatoms. The molecule has 0 unspecified atom stereocenters. The molecule has 0 radical (unpaired) electrons. The van der Waals surface area contributed by atoms with Crippen molar-refractivity contribution in [3.63, 3.8) is 0 Å². The molecule has 6 rings (SSSR count). The van der Waals surface area contributed by atoms with Crippen molar-refractivity contribution in [1.82, 2.24) is 14.9 Å². The van der Waals surface area contributed by atoms with E-state index in [0.717, 1.165) is 62.3 Å². The summed E-state index contributed by atoms with van der Waals surface area (Å²) in [6.07, 6.45) is 7.65. The standard InChI is InChI=1S/C32H39F2N5O5/c1-40-26-14-21(4-5-25(26)39-10-6-22(7-11-39)38-12-8-32(9-13-38)19-43-20-32)37-31-35-16-23(17-36-31)44-18-24-29(33)27(41-2)15-28(42-3)30(24)34/h4-5,14-17,22H,6-13,18-20H2,1-3H3,(H,35,36,37). The zero-order chi connectivity index (χ0) is 30.7. The summed E-state index contributed by atoms with van der Waals surface area (Å²) in [5.74, 6) is -0.634. The lowest BCUT2D eigenvalue weighted by Gasteiger charge is -2.50. The lowest BCUT2D eigenvalue weighted by Crippen LogP contribution is -2.54. The van der Waals surface area contributed by atoms with E-state index in [1.807, 2.05) is 12.1 Å². The molecule has 44 heavy (non-hydrogen) atoms. The van der Waals surface area contributed by atoms with Crippen molar-refractivity contribution in [3.8, 4) is 23.0 Å². The fourth-order valence-electron chi connectivity index (χ4n) is 6.33. The Morgan fingerprint density at radius 1 is 0.886 bits per heavy atom. The summed E-state index contributed by atoms with van der Waals surface area (Å²) in [5, 5.41) is 3.18. The van der Waals surface area contributed by atoms with Crippen LogP contribution in [0.4, 0.5) is 26.1 Å². The topological polar surface area (TPSA) is 90.4 Å². The zero-order valence-corrected chi connectivity index (χ0v) is 25.4. The maximum absolute atomic E-state index is 14.6. The normalized spacial score (nSPS) is 18.5. The second-order valence-electron chi connectivity index (χ2n) is 11.7. The van der Waals surface area contributed by atoms with Crippen LogP contribution >= 0.6 is 0 Å². The first-order valence-corrected chi connectivity index (χ1v) is 15.0. The SMILES string of the molecule is COc1cc(Nc2ncc(OCc3c(F)c(OC)cc(OC)c3F)cn2)ccc1N1CCC(N2CCC3(CC2)COC3)CC1. The van der Waals surface area contributed by atoms with Crippen molar-refractivity contribution in [1.29, 1.82) is 0 Å². The quantitative estimate of drug-likeness (QED) is 0.331. The van der Waals surface area contributed by atoms with E-state index in [9.17, 15) is 8.78 Å². The minimum absolute atomic E-state index is 0.140. The number of benzene rings is 2. The van der Waals surface area contributed by atoms with E-state index in [-0.39, 0.29) is 22.8 Å². The van der Waals surface area contributed by atoms with Gasteiger partial charge in [-0.05, 0) is 50.9 Å². The molecule has 4 heterocycles. The predicted octanol–water partition coefficient (Wildman–Crippen LogP) is 5.18. The Hall–Kier alpha value is -3.90. The average molecular weight is 612 g/mol. The fourth-order valence-corrected chi connectivity index (χ4v) is 6.33. The van der Waals surface area contributed by atoms with Gasteiger partial charge in [-0.1, -0.05) is 0 Å². The van der Waals surface area contributed by atoms with Crippen molar-refractivity contribution in [3.05, 3.63) is 53.9 Å². The molecule has 10 nitrogen and oxygen atoms in total. The van der Waals surface area contributed by atoms with E-state index in [4.69, 9.17) is 23.7 Å². The summed E-state index contributed by atoms with van der Waals surface area (Å²) in [5.41, 5.74) is 1.99. The van der Waals surface area contributed by atoms with E-state index < -0.39 is 18.2 Å². The molecule has 1 aromatic heterocycles. The van der Waals surface area contributed by atoms with Crippen LogP contribution in [0, 0.1) is 17.0 Å². The Bertz CT molecular complexity index is 1410. The monoisotopic (exact) mass is 611 g/mol. The Balaban J connectivity index is 1.03. The van der Waals surface area contributed by atoms with Crippen LogP contribution in [0.15, 0.2) is 36.7 Å². The third kappa shape index (κ3) is 6.18. The highest BCUT2D eigenvalue weighted by Gasteiger charge is 2.42. The van der Waals surface area contributed by atoms with Crippen LogP contribution in [-0.2, 0) is 11.3 Å². The maximum Gasteiger partial charge on any atom is 0.227 e. The summed E-state index contributed by atoms with van der Waals surface area (Å²) in [4.78, 5) is 13.7. The van der Waals surface area contributed by atoms with Crippen LogP contribution < -0.4 is 29.2 Å². The smallest absolute Gasteiger partial charge is 0.227 e. The molecule has 0 saturated carbocycles. The highest BCUT2D eigenvalue weighted by molar-refractivity contribution is 5.67. The van der Waals surface area contributed by atoms with E-state index in [1.165, 1.54) is 52.5 Å². The van der Waals surface area contributed by atoms with Gasteiger partial charge >= 0.3 is 0 Å². The summed E-state index contributed by atoms with van der Waals surface area (Å²) < 4.78 is 56.0. The minimum Gasteiger partial charge on any atom is -0.495 e. The average Bonchev–Trinajstić information content (AvgIpc) is 3.05. The number of halogens is 2. The maximum atomic E-state index is 14.6. The van der Waals surface area contributed by atoms with Crippen LogP contribution in [0.3, 0.4) is 0 Å². The van der Waals surface area contributed by atoms with E-state index in [2.05, 4.69) is 31.2 Å². The number of likely N-dealkylation sites (tertiary alicyclic amines) is 1. The molecule has 3 aromatic rings. The molecule has 1 spiro atoms.